The summed E-state index contributed by atoms with van der Waals surface area (Å²) >= 11 is 0. The van der Waals surface area contributed by atoms with E-state index in [1.54, 1.807) is 30.3 Å². The minimum Gasteiger partial charge on any atom is -0.493 e. The third-order valence-corrected chi connectivity index (χ3v) is 5.41. The molecular formula is C19H23NO6S. The molecule has 0 amide bonds. The second-order valence-corrected chi connectivity index (χ2v) is 7.50. The van der Waals surface area contributed by atoms with E-state index in [1.807, 2.05) is 0 Å². The Morgan fingerprint density at radius 2 is 1.56 bits per heavy atom. The van der Waals surface area contributed by atoms with E-state index < -0.39 is 10.0 Å². The van der Waals surface area contributed by atoms with Crippen LogP contribution in [0.1, 0.15) is 17.5 Å². The molecule has 0 atom stereocenters. The highest BCUT2D eigenvalue weighted by molar-refractivity contribution is 7.89. The van der Waals surface area contributed by atoms with Gasteiger partial charge in [-0.15, -0.1) is 0 Å². The van der Waals surface area contributed by atoms with Crippen LogP contribution in [0.4, 0.5) is 0 Å². The molecule has 0 aliphatic rings. The average Bonchev–Trinajstić information content (AvgIpc) is 2.70. The summed E-state index contributed by atoms with van der Waals surface area (Å²) in [5.74, 6) is 0.805. The van der Waals surface area contributed by atoms with Crippen molar-refractivity contribution in [3.05, 3.63) is 53.6 Å². The van der Waals surface area contributed by atoms with Crippen molar-refractivity contribution in [2.75, 3.05) is 21.3 Å². The lowest BCUT2D eigenvalue weighted by Gasteiger charge is -2.11. The summed E-state index contributed by atoms with van der Waals surface area (Å²) < 4.78 is 42.5. The molecule has 8 heteroatoms. The van der Waals surface area contributed by atoms with Gasteiger partial charge in [0.05, 0.1) is 26.2 Å². The first-order valence-corrected chi connectivity index (χ1v) is 9.74. The zero-order chi connectivity index (χ0) is 19.9. The summed E-state index contributed by atoms with van der Waals surface area (Å²) in [5.41, 5.74) is 1.60. The van der Waals surface area contributed by atoms with Crippen LogP contribution in [0.15, 0.2) is 47.4 Å². The van der Waals surface area contributed by atoms with Crippen LogP contribution in [-0.2, 0) is 32.5 Å². The smallest absolute Gasteiger partial charge is 0.305 e. The molecule has 0 saturated carbocycles. The first-order valence-electron chi connectivity index (χ1n) is 8.26. The van der Waals surface area contributed by atoms with Crippen LogP contribution in [0.25, 0.3) is 0 Å². The minimum atomic E-state index is -3.66. The molecule has 7 nitrogen and oxygen atoms in total. The zero-order valence-electron chi connectivity index (χ0n) is 15.5. The number of methoxy groups -OCH3 is 3. The van der Waals surface area contributed by atoms with Gasteiger partial charge >= 0.3 is 5.97 Å². The number of hydrogen-bond donors (Lipinski definition) is 1. The Hall–Kier alpha value is -2.58. The standard InChI is InChI=1S/C19H23NO6S/c1-24-17-10-6-15(12-18(17)25-2)13-20-27(22,23)16-8-4-14(5-9-16)7-11-19(21)26-3/h4-6,8-10,12,20H,7,11,13H2,1-3H3. The summed E-state index contributed by atoms with van der Waals surface area (Å²) in [6.07, 6.45) is 0.742. The molecule has 0 aliphatic heterocycles. The number of ether oxygens (including phenoxy) is 3. The van der Waals surface area contributed by atoms with Gasteiger partial charge in [-0.1, -0.05) is 18.2 Å². The van der Waals surface area contributed by atoms with E-state index >= 15 is 0 Å². The van der Waals surface area contributed by atoms with Crippen molar-refractivity contribution in [1.82, 2.24) is 4.72 Å². The molecule has 1 N–H and O–H groups in total. The Kier molecular flexibility index (Phi) is 7.20. The van der Waals surface area contributed by atoms with E-state index in [9.17, 15) is 13.2 Å². The summed E-state index contributed by atoms with van der Waals surface area (Å²) in [6.45, 7) is 0.118. The van der Waals surface area contributed by atoms with Crippen LogP contribution in [0.5, 0.6) is 11.5 Å². The van der Waals surface area contributed by atoms with Gasteiger partial charge in [0.1, 0.15) is 0 Å². The molecule has 0 bridgehead atoms. The number of carbonyl (C=O) groups is 1. The van der Waals surface area contributed by atoms with Gasteiger partial charge in [0.15, 0.2) is 11.5 Å². The number of rotatable bonds is 9. The Morgan fingerprint density at radius 1 is 0.926 bits per heavy atom. The van der Waals surface area contributed by atoms with E-state index in [0.717, 1.165) is 11.1 Å². The lowest BCUT2D eigenvalue weighted by atomic mass is 10.1. The average molecular weight is 393 g/mol. The fourth-order valence-electron chi connectivity index (χ4n) is 2.44. The molecule has 0 fully saturated rings. The SMILES string of the molecule is COC(=O)CCc1ccc(S(=O)(=O)NCc2ccc(OC)c(OC)c2)cc1. The number of sulfonamides is 1. The predicted octanol–water partition coefficient (Wildman–Crippen LogP) is 2.29. The van der Waals surface area contributed by atoms with Gasteiger partial charge in [-0.25, -0.2) is 13.1 Å². The molecule has 2 rings (SSSR count). The second kappa shape index (κ2) is 9.38. The molecule has 0 aromatic heterocycles. The summed E-state index contributed by atoms with van der Waals surface area (Å²) in [5, 5.41) is 0. The largest absolute Gasteiger partial charge is 0.493 e. The third kappa shape index (κ3) is 5.70. The van der Waals surface area contributed by atoms with Gasteiger partial charge < -0.3 is 14.2 Å². The molecule has 0 saturated heterocycles. The number of esters is 1. The molecule has 2 aromatic rings. The predicted molar refractivity (Wildman–Crippen MR) is 100 cm³/mol. The minimum absolute atomic E-state index is 0.118. The lowest BCUT2D eigenvalue weighted by molar-refractivity contribution is -0.140. The second-order valence-electron chi connectivity index (χ2n) is 5.73. The van der Waals surface area contributed by atoms with E-state index in [-0.39, 0.29) is 23.8 Å². The molecule has 27 heavy (non-hydrogen) atoms. The van der Waals surface area contributed by atoms with Crippen molar-refractivity contribution in [3.63, 3.8) is 0 Å². The Bertz CT molecular complexity index is 878. The fraction of sp³-hybridized carbons (Fsp3) is 0.316. The molecule has 0 unspecified atom stereocenters. The summed E-state index contributed by atoms with van der Waals surface area (Å²) in [6, 6.07) is 11.6. The van der Waals surface area contributed by atoms with Gasteiger partial charge in [-0.05, 0) is 41.8 Å². The van der Waals surface area contributed by atoms with Crippen LogP contribution in [0.2, 0.25) is 0 Å². The number of hydrogen-bond acceptors (Lipinski definition) is 6. The summed E-state index contributed by atoms with van der Waals surface area (Å²) in [4.78, 5) is 11.3. The molecule has 0 heterocycles. The highest BCUT2D eigenvalue weighted by Crippen LogP contribution is 2.27. The maximum Gasteiger partial charge on any atom is 0.305 e. The van der Waals surface area contributed by atoms with E-state index in [2.05, 4.69) is 9.46 Å². The van der Waals surface area contributed by atoms with Crippen LogP contribution >= 0.6 is 0 Å². The molecule has 0 spiro atoms. The molecule has 0 aliphatic carbocycles. The van der Waals surface area contributed by atoms with Crippen molar-refractivity contribution in [1.29, 1.82) is 0 Å². The van der Waals surface area contributed by atoms with Crippen LogP contribution in [0, 0.1) is 0 Å². The van der Waals surface area contributed by atoms with Gasteiger partial charge in [0.2, 0.25) is 10.0 Å². The van der Waals surface area contributed by atoms with Crippen LogP contribution in [-0.4, -0.2) is 35.7 Å². The fourth-order valence-corrected chi connectivity index (χ4v) is 3.45. The van der Waals surface area contributed by atoms with Gasteiger partial charge in [-0.3, -0.25) is 4.79 Å². The maximum atomic E-state index is 12.5. The van der Waals surface area contributed by atoms with Crippen molar-refractivity contribution in [2.45, 2.75) is 24.3 Å². The number of carbonyl (C=O) groups excluding carboxylic acids is 1. The number of aryl methyl sites for hydroxylation is 1. The highest BCUT2D eigenvalue weighted by atomic mass is 32.2. The Labute approximate surface area is 159 Å². The monoisotopic (exact) mass is 393 g/mol. The van der Waals surface area contributed by atoms with Gasteiger partial charge in [-0.2, -0.15) is 0 Å². The van der Waals surface area contributed by atoms with Crippen LogP contribution < -0.4 is 14.2 Å². The highest BCUT2D eigenvalue weighted by Gasteiger charge is 2.14. The van der Waals surface area contributed by atoms with Gasteiger partial charge in [0, 0.05) is 13.0 Å². The lowest BCUT2D eigenvalue weighted by Crippen LogP contribution is -2.23. The van der Waals surface area contributed by atoms with E-state index in [4.69, 9.17) is 9.47 Å². The molecule has 2 aromatic carbocycles. The Balaban J connectivity index is 2.03. The molecular weight excluding hydrogens is 370 g/mol. The number of benzene rings is 2. The zero-order valence-corrected chi connectivity index (χ0v) is 16.3. The van der Waals surface area contributed by atoms with Gasteiger partial charge in [0.25, 0.3) is 0 Å². The molecule has 146 valence electrons. The number of nitrogens with one attached hydrogen (secondary N) is 1. The summed E-state index contributed by atoms with van der Waals surface area (Å²) in [7, 11) is 0.733. The normalized spacial score (nSPS) is 11.1. The molecule has 0 radical (unpaired) electrons. The topological polar surface area (TPSA) is 90.9 Å². The third-order valence-electron chi connectivity index (χ3n) is 3.99. The first kappa shape index (κ1) is 20.7. The maximum absolute atomic E-state index is 12.5. The Morgan fingerprint density at radius 3 is 2.15 bits per heavy atom. The van der Waals surface area contributed by atoms with Crippen molar-refractivity contribution in [3.8, 4) is 11.5 Å². The van der Waals surface area contributed by atoms with Crippen molar-refractivity contribution < 1.29 is 27.4 Å². The van der Waals surface area contributed by atoms with E-state index in [0.29, 0.717) is 17.9 Å². The first-order chi connectivity index (χ1) is 12.9. The van der Waals surface area contributed by atoms with Crippen molar-refractivity contribution in [2.24, 2.45) is 0 Å². The quantitative estimate of drug-likeness (QED) is 0.658. The van der Waals surface area contributed by atoms with Crippen molar-refractivity contribution >= 4 is 16.0 Å². The van der Waals surface area contributed by atoms with E-state index in [1.165, 1.54) is 33.5 Å². The van der Waals surface area contributed by atoms with Crippen LogP contribution in [0.3, 0.4) is 0 Å².